The van der Waals surface area contributed by atoms with Crippen LogP contribution in [-0.4, -0.2) is 40.8 Å². The van der Waals surface area contributed by atoms with Gasteiger partial charge < -0.3 is 24.7 Å². The molecule has 0 spiro atoms. The Bertz CT molecular complexity index is 1210. The quantitative estimate of drug-likeness (QED) is 0.477. The minimum Gasteiger partial charge on any atom is -0.462 e. The number of hydrogen-bond acceptors (Lipinski definition) is 7. The Hall–Kier alpha value is -3.55. The first-order valence-electron chi connectivity index (χ1n) is 12.0. The van der Waals surface area contributed by atoms with Crippen molar-refractivity contribution in [2.45, 2.75) is 59.2 Å². The maximum absolute atomic E-state index is 12.3. The molecule has 0 radical (unpaired) electrons. The second-order valence-corrected chi connectivity index (χ2v) is 10.4. The van der Waals surface area contributed by atoms with Gasteiger partial charge >= 0.3 is 6.09 Å². The number of carbonyl (C=O) groups excluding carboxylic acids is 1. The number of rotatable bonds is 6. The minimum atomic E-state index is -0.523. The number of furan rings is 1. The number of fused-ring (bicyclic) bond motifs is 1. The van der Waals surface area contributed by atoms with Crippen LogP contribution in [0.3, 0.4) is 0 Å². The Morgan fingerprint density at radius 1 is 1.29 bits per heavy atom. The van der Waals surface area contributed by atoms with E-state index in [0.29, 0.717) is 19.0 Å². The van der Waals surface area contributed by atoms with E-state index in [-0.39, 0.29) is 12.1 Å². The van der Waals surface area contributed by atoms with E-state index in [0.717, 1.165) is 52.3 Å². The summed E-state index contributed by atoms with van der Waals surface area (Å²) in [6.45, 7) is 15.9. The van der Waals surface area contributed by atoms with Crippen molar-refractivity contribution in [3.63, 3.8) is 0 Å². The molecular formula is C27H35N5O3. The summed E-state index contributed by atoms with van der Waals surface area (Å²) >= 11 is 0. The standard InChI is InChI=1S/C27H35N5O3/c1-17(2)21-16-34-24-8-7-19(30-25(21)24)12-29-22-13-28-10-9-23(22)32-14-18(3)11-20(15-32)31-26(33)35-27(4,5)6/h7-10,13,16,18,20,29H,1,11-12,14-15H2,2-6H3,(H,31,33)/t18-,20+/m1/s1. The lowest BCUT2D eigenvalue weighted by Gasteiger charge is -2.39. The average Bonchev–Trinajstić information content (AvgIpc) is 3.19. The van der Waals surface area contributed by atoms with Gasteiger partial charge in [-0.1, -0.05) is 13.5 Å². The molecule has 3 aromatic rings. The molecule has 186 valence electrons. The van der Waals surface area contributed by atoms with Crippen molar-refractivity contribution in [2.24, 2.45) is 5.92 Å². The van der Waals surface area contributed by atoms with Gasteiger partial charge in [0.05, 0.1) is 29.8 Å². The van der Waals surface area contributed by atoms with E-state index in [1.807, 2.05) is 52.1 Å². The first kappa shape index (κ1) is 24.6. The molecule has 4 heterocycles. The fourth-order valence-corrected chi connectivity index (χ4v) is 4.47. The van der Waals surface area contributed by atoms with Crippen molar-refractivity contribution in [3.8, 4) is 0 Å². The van der Waals surface area contributed by atoms with E-state index >= 15 is 0 Å². The Morgan fingerprint density at radius 2 is 2.09 bits per heavy atom. The third-order valence-electron chi connectivity index (χ3n) is 5.91. The monoisotopic (exact) mass is 477 g/mol. The van der Waals surface area contributed by atoms with Crippen molar-refractivity contribution >= 4 is 34.1 Å². The molecular weight excluding hydrogens is 442 g/mol. The molecule has 0 unspecified atom stereocenters. The summed E-state index contributed by atoms with van der Waals surface area (Å²) in [6, 6.07) is 5.91. The van der Waals surface area contributed by atoms with Gasteiger partial charge in [0.1, 0.15) is 17.4 Å². The number of amides is 1. The number of hydrogen-bond donors (Lipinski definition) is 2. The number of pyridine rings is 2. The highest BCUT2D eigenvalue weighted by Crippen LogP contribution is 2.30. The zero-order valence-electron chi connectivity index (χ0n) is 21.2. The zero-order valence-corrected chi connectivity index (χ0v) is 21.2. The molecule has 35 heavy (non-hydrogen) atoms. The SMILES string of the molecule is C=C(C)c1coc2ccc(CNc3cnccc3N3C[C@H](C)C[C@H](NC(=O)OC(C)(C)C)C3)nc12. The number of allylic oxidation sites excluding steroid dienone is 1. The number of anilines is 2. The summed E-state index contributed by atoms with van der Waals surface area (Å²) in [6.07, 6.45) is 5.87. The molecule has 3 aromatic heterocycles. The van der Waals surface area contributed by atoms with Crippen LogP contribution in [0.2, 0.25) is 0 Å². The number of ether oxygens (including phenoxy) is 1. The lowest BCUT2D eigenvalue weighted by atomic mass is 9.95. The summed E-state index contributed by atoms with van der Waals surface area (Å²) in [4.78, 5) is 23.8. The van der Waals surface area contributed by atoms with Crippen LogP contribution in [0.25, 0.3) is 16.7 Å². The first-order chi connectivity index (χ1) is 16.6. The van der Waals surface area contributed by atoms with Crippen LogP contribution < -0.4 is 15.5 Å². The summed E-state index contributed by atoms with van der Waals surface area (Å²) in [5.41, 5.74) is 5.77. The van der Waals surface area contributed by atoms with Crippen molar-refractivity contribution in [3.05, 3.63) is 54.7 Å². The van der Waals surface area contributed by atoms with E-state index in [1.54, 1.807) is 12.5 Å². The molecule has 1 saturated heterocycles. The van der Waals surface area contributed by atoms with Gasteiger partial charge in [0.2, 0.25) is 0 Å². The van der Waals surface area contributed by atoms with Crippen LogP contribution >= 0.6 is 0 Å². The number of alkyl carbamates (subject to hydrolysis) is 1. The molecule has 1 aliphatic rings. The third-order valence-corrected chi connectivity index (χ3v) is 5.91. The second-order valence-electron chi connectivity index (χ2n) is 10.4. The number of aromatic nitrogens is 2. The number of nitrogens with one attached hydrogen (secondary N) is 2. The maximum atomic E-state index is 12.3. The third kappa shape index (κ3) is 6.12. The van der Waals surface area contributed by atoms with Crippen molar-refractivity contribution < 1.29 is 13.9 Å². The molecule has 8 heteroatoms. The molecule has 2 atom stereocenters. The smallest absolute Gasteiger partial charge is 0.407 e. The molecule has 2 N–H and O–H groups in total. The molecule has 4 rings (SSSR count). The fourth-order valence-electron chi connectivity index (χ4n) is 4.47. The van der Waals surface area contributed by atoms with E-state index in [4.69, 9.17) is 14.1 Å². The van der Waals surface area contributed by atoms with Gasteiger partial charge in [-0.05, 0) is 63.8 Å². The van der Waals surface area contributed by atoms with Crippen LogP contribution in [0.4, 0.5) is 16.2 Å². The lowest BCUT2D eigenvalue weighted by molar-refractivity contribution is 0.0495. The van der Waals surface area contributed by atoms with Crippen LogP contribution in [0, 0.1) is 5.92 Å². The maximum Gasteiger partial charge on any atom is 0.407 e. The predicted octanol–water partition coefficient (Wildman–Crippen LogP) is 5.61. The van der Waals surface area contributed by atoms with Gasteiger partial charge in [-0.25, -0.2) is 9.78 Å². The van der Waals surface area contributed by atoms with Crippen LogP contribution in [-0.2, 0) is 11.3 Å². The molecule has 1 amide bonds. The Balaban J connectivity index is 1.47. The number of piperidine rings is 1. The molecule has 0 saturated carbocycles. The highest BCUT2D eigenvalue weighted by molar-refractivity contribution is 5.86. The van der Waals surface area contributed by atoms with E-state index in [9.17, 15) is 4.79 Å². The van der Waals surface area contributed by atoms with Gasteiger partial charge in [0.25, 0.3) is 0 Å². The van der Waals surface area contributed by atoms with Gasteiger partial charge in [0, 0.05) is 30.9 Å². The molecule has 1 fully saturated rings. The molecule has 8 nitrogen and oxygen atoms in total. The predicted molar refractivity (Wildman–Crippen MR) is 139 cm³/mol. The average molecular weight is 478 g/mol. The second kappa shape index (κ2) is 9.98. The van der Waals surface area contributed by atoms with Gasteiger partial charge in [-0.15, -0.1) is 0 Å². The Labute approximate surface area is 206 Å². The highest BCUT2D eigenvalue weighted by atomic mass is 16.6. The summed E-state index contributed by atoms with van der Waals surface area (Å²) in [5, 5.41) is 6.55. The summed E-state index contributed by atoms with van der Waals surface area (Å²) < 4.78 is 11.1. The molecule has 0 aromatic carbocycles. The van der Waals surface area contributed by atoms with Crippen LogP contribution in [0.1, 0.15) is 52.3 Å². The highest BCUT2D eigenvalue weighted by Gasteiger charge is 2.29. The van der Waals surface area contributed by atoms with E-state index in [1.165, 1.54) is 0 Å². The van der Waals surface area contributed by atoms with E-state index in [2.05, 4.69) is 34.0 Å². The van der Waals surface area contributed by atoms with Crippen LogP contribution in [0.5, 0.6) is 0 Å². The van der Waals surface area contributed by atoms with Gasteiger partial charge in [0.15, 0.2) is 5.58 Å². The largest absolute Gasteiger partial charge is 0.462 e. The Morgan fingerprint density at radius 3 is 2.83 bits per heavy atom. The summed E-state index contributed by atoms with van der Waals surface area (Å²) in [7, 11) is 0. The van der Waals surface area contributed by atoms with Gasteiger partial charge in [-0.3, -0.25) is 4.98 Å². The fraction of sp³-hybridized carbons (Fsp3) is 0.444. The summed E-state index contributed by atoms with van der Waals surface area (Å²) in [5.74, 6) is 0.412. The lowest BCUT2D eigenvalue weighted by Crippen LogP contribution is -2.51. The topological polar surface area (TPSA) is 92.5 Å². The molecule has 0 aliphatic carbocycles. The van der Waals surface area contributed by atoms with Crippen molar-refractivity contribution in [1.29, 1.82) is 0 Å². The normalized spacial score (nSPS) is 18.4. The van der Waals surface area contributed by atoms with Crippen LogP contribution in [0.15, 0.2) is 47.9 Å². The Kier molecular flexibility index (Phi) is 7.00. The zero-order chi connectivity index (χ0) is 25.2. The van der Waals surface area contributed by atoms with Gasteiger partial charge in [-0.2, -0.15) is 0 Å². The van der Waals surface area contributed by atoms with E-state index < -0.39 is 5.60 Å². The van der Waals surface area contributed by atoms with Crippen molar-refractivity contribution in [2.75, 3.05) is 23.3 Å². The minimum absolute atomic E-state index is 0.000319. The van der Waals surface area contributed by atoms with Crippen molar-refractivity contribution in [1.82, 2.24) is 15.3 Å². The number of nitrogens with zero attached hydrogens (tertiary/aromatic N) is 3. The first-order valence-corrected chi connectivity index (χ1v) is 12.0. The number of carbonyl (C=O) groups is 1. The molecule has 1 aliphatic heterocycles. The molecule has 0 bridgehead atoms.